The highest BCUT2D eigenvalue weighted by Crippen LogP contribution is 2.17. The quantitative estimate of drug-likeness (QED) is 0.0261. The van der Waals surface area contributed by atoms with Crippen molar-refractivity contribution in [3.8, 4) is 0 Å². The number of rotatable bonds is 59. The van der Waals surface area contributed by atoms with E-state index in [-0.39, 0.29) is 31.1 Å². The van der Waals surface area contributed by atoms with Crippen LogP contribution in [-0.2, 0) is 28.6 Å². The first kappa shape index (κ1) is 72.6. The fraction of sp³-hybridized carbons (Fsp3) is 0.757. The second-order valence-corrected chi connectivity index (χ2v) is 21.6. The van der Waals surface area contributed by atoms with Crippen LogP contribution in [0.15, 0.2) is 85.1 Å². The number of unbranched alkanes of at least 4 members (excludes halogenated alkanes) is 34. The van der Waals surface area contributed by atoms with Crippen LogP contribution in [0.5, 0.6) is 0 Å². The third-order valence-corrected chi connectivity index (χ3v) is 14.1. The number of carbonyl (C=O) groups excluding carboxylic acids is 3. The number of allylic oxidation sites excluding steroid dienone is 14. The van der Waals surface area contributed by atoms with E-state index in [9.17, 15) is 14.4 Å². The van der Waals surface area contributed by atoms with Gasteiger partial charge in [-0.3, -0.25) is 14.4 Å². The number of carbonyl (C=O) groups is 3. The summed E-state index contributed by atoms with van der Waals surface area (Å²) in [5.41, 5.74) is 0. The summed E-state index contributed by atoms with van der Waals surface area (Å²) in [5.74, 6) is -0.880. The molecule has 0 aliphatic rings. The molecule has 1 atom stereocenters. The van der Waals surface area contributed by atoms with E-state index in [0.717, 1.165) is 96.3 Å². The van der Waals surface area contributed by atoms with Crippen molar-refractivity contribution in [2.45, 2.75) is 329 Å². The van der Waals surface area contributed by atoms with Gasteiger partial charge < -0.3 is 14.2 Å². The molecule has 0 rings (SSSR count). The smallest absolute Gasteiger partial charge is 0.306 e. The van der Waals surface area contributed by atoms with Crippen molar-refractivity contribution >= 4 is 17.9 Å². The Bertz CT molecular complexity index is 1450. The predicted molar refractivity (Wildman–Crippen MR) is 330 cm³/mol. The van der Waals surface area contributed by atoms with Crippen LogP contribution >= 0.6 is 0 Å². The second-order valence-electron chi connectivity index (χ2n) is 21.6. The standard InChI is InChI=1S/C70H122O6/c1-4-7-10-13-16-19-22-25-27-29-31-32-33-34-35-36-37-38-40-41-43-45-48-51-54-57-60-63-69(72)75-66-67(65-74-68(71)62-59-56-53-50-47-24-21-18-15-12-9-6-3)76-70(73)64-61-58-55-52-49-46-44-42-39-30-28-26-23-20-17-14-11-8-5-2/h7,10,16-21,25-28,31-32,67H,4-6,8-9,11-15,22-24,29-30,33-66H2,1-3H3/b10-7-,19-16-,20-17-,21-18-,27-25-,28-26-,32-31-. The van der Waals surface area contributed by atoms with Gasteiger partial charge in [0.05, 0.1) is 0 Å². The molecule has 0 saturated heterocycles. The van der Waals surface area contributed by atoms with Crippen LogP contribution < -0.4 is 0 Å². The number of esters is 3. The summed E-state index contributed by atoms with van der Waals surface area (Å²) >= 11 is 0. The Morgan fingerprint density at radius 2 is 0.513 bits per heavy atom. The van der Waals surface area contributed by atoms with Gasteiger partial charge in [-0.05, 0) is 116 Å². The van der Waals surface area contributed by atoms with Gasteiger partial charge in [-0.15, -0.1) is 0 Å². The summed E-state index contributed by atoms with van der Waals surface area (Å²) < 4.78 is 16.9. The molecule has 0 heterocycles. The Labute approximate surface area is 471 Å². The van der Waals surface area contributed by atoms with Crippen LogP contribution in [0.3, 0.4) is 0 Å². The van der Waals surface area contributed by atoms with Gasteiger partial charge in [0.2, 0.25) is 0 Å². The van der Waals surface area contributed by atoms with Gasteiger partial charge in [-0.1, -0.05) is 273 Å². The Balaban J connectivity index is 4.25. The SMILES string of the molecule is CC/C=C\C/C=C\C/C=C\C/C=C\CCCCCCCCCCCCCCCCC(=O)OCC(COC(=O)CCCCCCC/C=C\CCCCC)OC(=O)CCCCCCCCCCC/C=C\C/C=C\CCCCC. The molecule has 0 saturated carbocycles. The molecule has 0 aromatic heterocycles. The van der Waals surface area contributed by atoms with E-state index >= 15 is 0 Å². The first-order valence-electron chi connectivity index (χ1n) is 32.6. The maximum Gasteiger partial charge on any atom is 0.306 e. The molecule has 0 aliphatic heterocycles. The summed E-state index contributed by atoms with van der Waals surface area (Å²) in [4.78, 5) is 38.3. The van der Waals surface area contributed by atoms with E-state index in [1.807, 2.05) is 0 Å². The molecule has 0 bridgehead atoms. The molecule has 1 unspecified atom stereocenters. The Morgan fingerprint density at radius 1 is 0.276 bits per heavy atom. The summed E-state index contributed by atoms with van der Waals surface area (Å²) in [5, 5.41) is 0. The molecule has 438 valence electrons. The number of hydrogen-bond donors (Lipinski definition) is 0. The zero-order chi connectivity index (χ0) is 55.0. The molecule has 0 radical (unpaired) electrons. The molecule has 0 amide bonds. The van der Waals surface area contributed by atoms with Crippen molar-refractivity contribution in [2.24, 2.45) is 0 Å². The van der Waals surface area contributed by atoms with Crippen molar-refractivity contribution in [3.05, 3.63) is 85.1 Å². The lowest BCUT2D eigenvalue weighted by Crippen LogP contribution is -2.30. The third-order valence-electron chi connectivity index (χ3n) is 14.1. The minimum atomic E-state index is -0.782. The second kappa shape index (κ2) is 64.1. The summed E-state index contributed by atoms with van der Waals surface area (Å²) in [6.45, 7) is 6.50. The third kappa shape index (κ3) is 61.4. The van der Waals surface area contributed by atoms with E-state index in [4.69, 9.17) is 14.2 Å². The predicted octanol–water partition coefficient (Wildman–Crippen LogP) is 22.3. The average molecular weight is 1060 g/mol. The van der Waals surface area contributed by atoms with Crippen LogP contribution in [0.2, 0.25) is 0 Å². The molecule has 0 N–H and O–H groups in total. The topological polar surface area (TPSA) is 78.9 Å². The van der Waals surface area contributed by atoms with Crippen molar-refractivity contribution in [1.29, 1.82) is 0 Å². The van der Waals surface area contributed by atoms with E-state index in [0.29, 0.717) is 19.3 Å². The van der Waals surface area contributed by atoms with Crippen molar-refractivity contribution in [2.75, 3.05) is 13.2 Å². The van der Waals surface area contributed by atoms with Crippen LogP contribution in [0.1, 0.15) is 323 Å². The van der Waals surface area contributed by atoms with Crippen LogP contribution in [0.25, 0.3) is 0 Å². The van der Waals surface area contributed by atoms with Gasteiger partial charge >= 0.3 is 17.9 Å². The highest BCUT2D eigenvalue weighted by molar-refractivity contribution is 5.71. The monoisotopic (exact) mass is 1060 g/mol. The molecule has 0 aromatic carbocycles. The van der Waals surface area contributed by atoms with Crippen molar-refractivity contribution < 1.29 is 28.6 Å². The number of hydrogen-bond acceptors (Lipinski definition) is 6. The lowest BCUT2D eigenvalue weighted by molar-refractivity contribution is -0.167. The van der Waals surface area contributed by atoms with Crippen LogP contribution in [-0.4, -0.2) is 37.2 Å². The molecule has 6 nitrogen and oxygen atoms in total. The molecule has 0 aromatic rings. The first-order chi connectivity index (χ1) is 37.5. The number of ether oxygens (including phenoxy) is 3. The average Bonchev–Trinajstić information content (AvgIpc) is 3.42. The van der Waals surface area contributed by atoms with E-state index < -0.39 is 6.10 Å². The van der Waals surface area contributed by atoms with Crippen molar-refractivity contribution in [3.63, 3.8) is 0 Å². The lowest BCUT2D eigenvalue weighted by Gasteiger charge is -2.18. The minimum absolute atomic E-state index is 0.0790. The van der Waals surface area contributed by atoms with Gasteiger partial charge in [-0.25, -0.2) is 0 Å². The lowest BCUT2D eigenvalue weighted by atomic mass is 10.0. The highest BCUT2D eigenvalue weighted by atomic mass is 16.6. The molecule has 0 aliphatic carbocycles. The van der Waals surface area contributed by atoms with Gasteiger partial charge in [0.15, 0.2) is 6.10 Å². The Kier molecular flexibility index (Phi) is 61.2. The maximum absolute atomic E-state index is 12.9. The molecular weight excluding hydrogens is 937 g/mol. The molecule has 76 heavy (non-hydrogen) atoms. The van der Waals surface area contributed by atoms with Crippen LogP contribution in [0.4, 0.5) is 0 Å². The Hall–Kier alpha value is -3.41. The fourth-order valence-corrected chi connectivity index (χ4v) is 9.23. The van der Waals surface area contributed by atoms with Gasteiger partial charge in [0, 0.05) is 19.3 Å². The maximum atomic E-state index is 12.9. The summed E-state index contributed by atoms with van der Waals surface area (Å²) in [6.07, 6.45) is 84.5. The Morgan fingerprint density at radius 3 is 0.816 bits per heavy atom. The first-order valence-corrected chi connectivity index (χ1v) is 32.6. The minimum Gasteiger partial charge on any atom is -0.462 e. The largest absolute Gasteiger partial charge is 0.462 e. The molecular formula is C70H122O6. The van der Waals surface area contributed by atoms with Crippen LogP contribution in [0, 0.1) is 0 Å². The fourth-order valence-electron chi connectivity index (χ4n) is 9.23. The summed E-state index contributed by atoms with van der Waals surface area (Å²) in [7, 11) is 0. The van der Waals surface area contributed by atoms with Crippen molar-refractivity contribution in [1.82, 2.24) is 0 Å². The van der Waals surface area contributed by atoms with E-state index in [1.54, 1.807) is 0 Å². The zero-order valence-electron chi connectivity index (χ0n) is 50.3. The van der Waals surface area contributed by atoms with Gasteiger partial charge in [-0.2, -0.15) is 0 Å². The summed E-state index contributed by atoms with van der Waals surface area (Å²) in [6, 6.07) is 0. The van der Waals surface area contributed by atoms with Gasteiger partial charge in [0.25, 0.3) is 0 Å². The highest BCUT2D eigenvalue weighted by Gasteiger charge is 2.19. The zero-order valence-corrected chi connectivity index (χ0v) is 50.3. The normalized spacial score (nSPS) is 12.6. The molecule has 0 spiro atoms. The molecule has 0 fully saturated rings. The van der Waals surface area contributed by atoms with E-state index in [1.165, 1.54) is 186 Å². The van der Waals surface area contributed by atoms with E-state index in [2.05, 4.69) is 106 Å². The molecule has 6 heteroatoms. The van der Waals surface area contributed by atoms with Gasteiger partial charge in [0.1, 0.15) is 13.2 Å².